The number of carbonyl (C=O) groups is 1. The lowest BCUT2D eigenvalue weighted by atomic mass is 10.1. The lowest BCUT2D eigenvalue weighted by Crippen LogP contribution is -1.99. The average molecular weight is 331 g/mol. The molecule has 0 bridgehead atoms. The summed E-state index contributed by atoms with van der Waals surface area (Å²) in [5.74, 6) is -0.0896. The number of methoxy groups -OCH3 is 1. The lowest BCUT2D eigenvalue weighted by molar-refractivity contribution is -0.140. The quantitative estimate of drug-likeness (QED) is 0.150. The van der Waals surface area contributed by atoms with Gasteiger partial charge in [0.1, 0.15) is 0 Å². The Bertz CT molecular complexity index is 277. The smallest absolute Gasteiger partial charge is 0.305 e. The monoisotopic (exact) mass is 330 g/mol. The molecule has 0 aliphatic rings. The van der Waals surface area contributed by atoms with Gasteiger partial charge in [-0.2, -0.15) is 0 Å². The summed E-state index contributed by atoms with van der Waals surface area (Å²) in [6.45, 7) is 2.24. The van der Waals surface area contributed by atoms with Crippen LogP contribution >= 0.6 is 11.6 Å². The minimum atomic E-state index is -0.0896. The summed E-state index contributed by atoms with van der Waals surface area (Å²) in [5.41, 5.74) is 0. The van der Waals surface area contributed by atoms with Crippen molar-refractivity contribution >= 4 is 17.6 Å². The van der Waals surface area contributed by atoms with Gasteiger partial charge in [0.25, 0.3) is 0 Å². The molecule has 0 saturated carbocycles. The number of hydrogen-bond donors (Lipinski definition) is 0. The standard InChI is InChI=1S/C19H35ClO2/c1-3-4-5-12-15-18(20)16-13-10-8-6-7-9-11-14-17-19(21)22-2/h10,13,18H,3-9,11-12,14-17H2,1-2H3. The van der Waals surface area contributed by atoms with Gasteiger partial charge in [-0.25, -0.2) is 0 Å². The van der Waals surface area contributed by atoms with Gasteiger partial charge in [0, 0.05) is 11.8 Å². The number of halogens is 1. The highest BCUT2D eigenvalue weighted by molar-refractivity contribution is 6.20. The molecule has 1 unspecified atom stereocenters. The molecule has 3 heteroatoms. The molecule has 130 valence electrons. The zero-order chi connectivity index (χ0) is 16.5. The van der Waals surface area contributed by atoms with Crippen molar-refractivity contribution in [3.05, 3.63) is 12.2 Å². The van der Waals surface area contributed by atoms with Crippen LogP contribution in [0.1, 0.15) is 90.4 Å². The van der Waals surface area contributed by atoms with Crippen LogP contribution in [0.3, 0.4) is 0 Å². The van der Waals surface area contributed by atoms with E-state index < -0.39 is 0 Å². The van der Waals surface area contributed by atoms with E-state index in [2.05, 4.69) is 23.8 Å². The third-order valence-corrected chi connectivity index (χ3v) is 4.31. The van der Waals surface area contributed by atoms with Crippen molar-refractivity contribution in [1.82, 2.24) is 0 Å². The first-order chi connectivity index (χ1) is 10.7. The summed E-state index contributed by atoms with van der Waals surface area (Å²) in [7, 11) is 1.45. The van der Waals surface area contributed by atoms with Crippen LogP contribution in [-0.4, -0.2) is 18.5 Å². The summed E-state index contributed by atoms with van der Waals surface area (Å²) in [5, 5.41) is 0.312. The van der Waals surface area contributed by atoms with Crippen LogP contribution in [0.2, 0.25) is 0 Å². The van der Waals surface area contributed by atoms with E-state index in [4.69, 9.17) is 11.6 Å². The Balaban J connectivity index is 3.28. The van der Waals surface area contributed by atoms with Gasteiger partial charge in [0.2, 0.25) is 0 Å². The predicted molar refractivity (Wildman–Crippen MR) is 96.5 cm³/mol. The molecule has 22 heavy (non-hydrogen) atoms. The number of esters is 1. The summed E-state index contributed by atoms with van der Waals surface area (Å²) in [6, 6.07) is 0. The molecule has 0 aliphatic carbocycles. The van der Waals surface area contributed by atoms with Crippen molar-refractivity contribution in [2.45, 2.75) is 95.8 Å². The van der Waals surface area contributed by atoms with E-state index in [0.29, 0.717) is 11.8 Å². The van der Waals surface area contributed by atoms with Crippen LogP contribution in [0, 0.1) is 0 Å². The molecule has 0 radical (unpaired) electrons. The summed E-state index contributed by atoms with van der Waals surface area (Å²) >= 11 is 6.31. The normalized spacial score (nSPS) is 12.7. The van der Waals surface area contributed by atoms with Gasteiger partial charge in [-0.3, -0.25) is 4.79 Å². The summed E-state index contributed by atoms with van der Waals surface area (Å²) in [6.07, 6.45) is 19.3. The van der Waals surface area contributed by atoms with Gasteiger partial charge in [-0.1, -0.05) is 64.0 Å². The van der Waals surface area contributed by atoms with Gasteiger partial charge in [-0.15, -0.1) is 11.6 Å². The number of hydrogen-bond acceptors (Lipinski definition) is 2. The zero-order valence-corrected chi connectivity index (χ0v) is 15.4. The molecule has 0 fully saturated rings. The van der Waals surface area contributed by atoms with Gasteiger partial charge in [0.15, 0.2) is 0 Å². The molecule has 0 aliphatic heterocycles. The van der Waals surface area contributed by atoms with Crippen LogP contribution in [0.4, 0.5) is 0 Å². The maximum atomic E-state index is 10.9. The van der Waals surface area contributed by atoms with Crippen LogP contribution in [0.15, 0.2) is 12.2 Å². The van der Waals surface area contributed by atoms with Crippen LogP contribution in [0.5, 0.6) is 0 Å². The van der Waals surface area contributed by atoms with E-state index in [-0.39, 0.29) is 5.97 Å². The minimum Gasteiger partial charge on any atom is -0.469 e. The largest absolute Gasteiger partial charge is 0.469 e. The minimum absolute atomic E-state index is 0.0896. The van der Waals surface area contributed by atoms with Gasteiger partial charge in [0.05, 0.1) is 7.11 Å². The first-order valence-corrected chi connectivity index (χ1v) is 9.50. The van der Waals surface area contributed by atoms with Crippen LogP contribution in [-0.2, 0) is 9.53 Å². The van der Waals surface area contributed by atoms with E-state index in [1.807, 2.05) is 0 Å². The molecule has 0 amide bonds. The Labute approximate surface area is 142 Å². The molecule has 0 N–H and O–H groups in total. The fourth-order valence-corrected chi connectivity index (χ4v) is 2.69. The van der Waals surface area contributed by atoms with Gasteiger partial charge < -0.3 is 4.74 Å². The van der Waals surface area contributed by atoms with Crippen molar-refractivity contribution in [1.29, 1.82) is 0 Å². The molecule has 0 rings (SSSR count). The number of alkyl halides is 1. The van der Waals surface area contributed by atoms with Crippen LogP contribution in [0.25, 0.3) is 0 Å². The Hall–Kier alpha value is -0.500. The molecule has 1 atom stereocenters. The highest BCUT2D eigenvalue weighted by Crippen LogP contribution is 2.14. The maximum absolute atomic E-state index is 10.9. The second-order valence-electron chi connectivity index (χ2n) is 6.04. The van der Waals surface area contributed by atoms with E-state index in [0.717, 1.165) is 32.1 Å². The highest BCUT2D eigenvalue weighted by atomic mass is 35.5. The Morgan fingerprint density at radius 1 is 1.00 bits per heavy atom. The topological polar surface area (TPSA) is 26.3 Å². The van der Waals surface area contributed by atoms with E-state index in [1.54, 1.807) is 0 Å². The number of unbranched alkanes of at least 4 members (excludes halogenated alkanes) is 8. The number of ether oxygens (including phenoxy) is 1. The van der Waals surface area contributed by atoms with Crippen LogP contribution < -0.4 is 0 Å². The molecule has 0 aromatic carbocycles. The van der Waals surface area contributed by atoms with Crippen molar-refractivity contribution in [2.75, 3.05) is 7.11 Å². The molecular weight excluding hydrogens is 296 g/mol. The third kappa shape index (κ3) is 15.9. The second-order valence-corrected chi connectivity index (χ2v) is 6.65. The molecule has 0 aromatic heterocycles. The Morgan fingerprint density at radius 3 is 2.41 bits per heavy atom. The second kappa shape index (κ2) is 16.9. The average Bonchev–Trinajstić information content (AvgIpc) is 2.53. The number of rotatable bonds is 15. The van der Waals surface area contributed by atoms with E-state index in [1.165, 1.54) is 52.1 Å². The van der Waals surface area contributed by atoms with E-state index >= 15 is 0 Å². The Kier molecular flexibility index (Phi) is 16.5. The van der Waals surface area contributed by atoms with Gasteiger partial charge in [-0.05, 0) is 32.1 Å². The van der Waals surface area contributed by atoms with Gasteiger partial charge >= 0.3 is 5.97 Å². The molecule has 0 saturated heterocycles. The SMILES string of the molecule is CCCCCCC(Cl)CC=CCCCCCCCC(=O)OC. The third-order valence-electron chi connectivity index (χ3n) is 3.91. The summed E-state index contributed by atoms with van der Waals surface area (Å²) in [4.78, 5) is 10.9. The number of allylic oxidation sites excluding steroid dienone is 2. The van der Waals surface area contributed by atoms with E-state index in [9.17, 15) is 4.79 Å². The first-order valence-electron chi connectivity index (χ1n) is 9.06. The fraction of sp³-hybridized carbons (Fsp3) is 0.842. The predicted octanol–water partition coefficient (Wildman–Crippen LogP) is 6.41. The Morgan fingerprint density at radius 2 is 1.68 bits per heavy atom. The lowest BCUT2D eigenvalue weighted by Gasteiger charge is -2.05. The maximum Gasteiger partial charge on any atom is 0.305 e. The molecule has 2 nitrogen and oxygen atoms in total. The summed E-state index contributed by atoms with van der Waals surface area (Å²) < 4.78 is 4.62. The fourth-order valence-electron chi connectivity index (χ4n) is 2.44. The van der Waals surface area contributed by atoms with Crippen molar-refractivity contribution < 1.29 is 9.53 Å². The first kappa shape index (κ1) is 21.5. The van der Waals surface area contributed by atoms with Crippen molar-refractivity contribution in [3.8, 4) is 0 Å². The molecule has 0 aromatic rings. The molecular formula is C19H35ClO2. The molecule has 0 spiro atoms. The van der Waals surface area contributed by atoms with Crippen molar-refractivity contribution in [3.63, 3.8) is 0 Å². The number of carbonyl (C=O) groups excluding carboxylic acids is 1. The highest BCUT2D eigenvalue weighted by Gasteiger charge is 2.01. The van der Waals surface area contributed by atoms with Crippen molar-refractivity contribution in [2.24, 2.45) is 0 Å². The zero-order valence-electron chi connectivity index (χ0n) is 14.6. The molecule has 0 heterocycles.